The summed E-state index contributed by atoms with van der Waals surface area (Å²) in [5, 5.41) is 18.1. The number of carboxylic acid groups (broad SMARTS) is 2. The van der Waals surface area contributed by atoms with E-state index in [2.05, 4.69) is 0 Å². The lowest BCUT2D eigenvalue weighted by molar-refractivity contribution is -0.140. The molecule has 0 amide bonds. The van der Waals surface area contributed by atoms with E-state index in [-0.39, 0.29) is 18.0 Å². The highest BCUT2D eigenvalue weighted by molar-refractivity contribution is 5.89. The number of aromatic carboxylic acids is 1. The Hall–Kier alpha value is -1.92. The second kappa shape index (κ2) is 6.49. The largest absolute Gasteiger partial charge is 0.481 e. The van der Waals surface area contributed by atoms with E-state index in [0.29, 0.717) is 31.9 Å². The molecule has 1 fully saturated rings. The van der Waals surface area contributed by atoms with Gasteiger partial charge in [0.25, 0.3) is 0 Å². The summed E-state index contributed by atoms with van der Waals surface area (Å²) in [6.07, 6.45) is -0.00472. The van der Waals surface area contributed by atoms with E-state index in [1.807, 2.05) is 4.90 Å². The van der Waals surface area contributed by atoms with E-state index in [1.165, 1.54) is 0 Å². The Kier molecular flexibility index (Phi) is 4.70. The highest BCUT2D eigenvalue weighted by Gasteiger charge is 2.26. The third kappa shape index (κ3) is 3.55. The molecule has 6 heteroatoms. The van der Waals surface area contributed by atoms with Gasteiger partial charge in [-0.2, -0.15) is 0 Å². The third-order valence-corrected chi connectivity index (χ3v) is 3.38. The molecular weight excluding hydrogens is 262 g/mol. The van der Waals surface area contributed by atoms with Crippen molar-refractivity contribution in [3.63, 3.8) is 0 Å². The number of nitrogens with zero attached hydrogens (tertiary/aromatic N) is 1. The van der Waals surface area contributed by atoms with Crippen LogP contribution in [0.2, 0.25) is 0 Å². The molecule has 1 aliphatic rings. The first-order chi connectivity index (χ1) is 9.58. The lowest BCUT2D eigenvalue weighted by atomic mass is 10.0. The summed E-state index contributed by atoms with van der Waals surface area (Å²) in [5.74, 6) is -1.85. The molecule has 0 aromatic heterocycles. The lowest BCUT2D eigenvalue weighted by Crippen LogP contribution is -2.46. The third-order valence-electron chi connectivity index (χ3n) is 3.38. The smallest absolute Gasteiger partial charge is 0.336 e. The maximum absolute atomic E-state index is 11.2. The molecule has 1 heterocycles. The molecule has 0 aliphatic carbocycles. The van der Waals surface area contributed by atoms with Crippen LogP contribution in [-0.2, 0) is 16.1 Å². The van der Waals surface area contributed by atoms with E-state index in [0.717, 1.165) is 0 Å². The molecule has 2 rings (SSSR count). The molecule has 0 unspecified atom stereocenters. The van der Waals surface area contributed by atoms with Gasteiger partial charge in [0.1, 0.15) is 0 Å². The Bertz CT molecular complexity index is 502. The zero-order valence-electron chi connectivity index (χ0n) is 11.0. The van der Waals surface area contributed by atoms with E-state index in [1.54, 1.807) is 24.3 Å². The number of rotatable bonds is 5. The number of aliphatic carboxylic acids is 1. The van der Waals surface area contributed by atoms with Gasteiger partial charge >= 0.3 is 11.9 Å². The maximum atomic E-state index is 11.2. The van der Waals surface area contributed by atoms with Gasteiger partial charge in [-0.05, 0) is 11.6 Å². The van der Waals surface area contributed by atoms with Gasteiger partial charge in [0.05, 0.1) is 25.2 Å². The van der Waals surface area contributed by atoms with Crippen molar-refractivity contribution in [2.75, 3.05) is 19.8 Å². The van der Waals surface area contributed by atoms with Crippen LogP contribution in [0.3, 0.4) is 0 Å². The van der Waals surface area contributed by atoms with Gasteiger partial charge in [0, 0.05) is 19.1 Å². The van der Waals surface area contributed by atoms with Crippen molar-refractivity contribution in [1.82, 2.24) is 4.90 Å². The first kappa shape index (κ1) is 14.5. The van der Waals surface area contributed by atoms with Gasteiger partial charge < -0.3 is 14.9 Å². The molecule has 1 aromatic rings. The molecule has 1 aromatic carbocycles. The van der Waals surface area contributed by atoms with Gasteiger partial charge in [-0.15, -0.1) is 0 Å². The summed E-state index contributed by atoms with van der Waals surface area (Å²) in [4.78, 5) is 24.0. The summed E-state index contributed by atoms with van der Waals surface area (Å²) >= 11 is 0. The lowest BCUT2D eigenvalue weighted by Gasteiger charge is -2.35. The molecule has 108 valence electrons. The molecule has 0 saturated carbocycles. The Morgan fingerprint density at radius 2 is 2.05 bits per heavy atom. The molecule has 0 spiro atoms. The summed E-state index contributed by atoms with van der Waals surface area (Å²) in [7, 11) is 0. The van der Waals surface area contributed by atoms with Crippen LogP contribution < -0.4 is 0 Å². The summed E-state index contributed by atoms with van der Waals surface area (Å²) in [5.41, 5.74) is 0.949. The molecule has 0 bridgehead atoms. The van der Waals surface area contributed by atoms with Gasteiger partial charge in [0.15, 0.2) is 0 Å². The quantitative estimate of drug-likeness (QED) is 0.838. The van der Waals surface area contributed by atoms with Crippen LogP contribution in [0.4, 0.5) is 0 Å². The molecule has 0 radical (unpaired) electrons. The normalized spacial score (nSPS) is 19.7. The van der Waals surface area contributed by atoms with Gasteiger partial charge in [-0.3, -0.25) is 9.69 Å². The second-order valence-corrected chi connectivity index (χ2v) is 4.76. The molecule has 6 nitrogen and oxygen atoms in total. The van der Waals surface area contributed by atoms with Crippen LogP contribution in [0.1, 0.15) is 22.3 Å². The minimum Gasteiger partial charge on any atom is -0.481 e. The van der Waals surface area contributed by atoms with Crippen molar-refractivity contribution in [3.05, 3.63) is 35.4 Å². The van der Waals surface area contributed by atoms with Gasteiger partial charge in [-0.25, -0.2) is 4.79 Å². The SMILES string of the molecule is O=C(O)C[C@H]1COCCN1Cc1ccccc1C(=O)O. The Morgan fingerprint density at radius 3 is 2.75 bits per heavy atom. The molecule has 1 atom stereocenters. The molecule has 1 saturated heterocycles. The van der Waals surface area contributed by atoms with Gasteiger partial charge in [0.2, 0.25) is 0 Å². The van der Waals surface area contributed by atoms with Crippen LogP contribution in [0.25, 0.3) is 0 Å². The molecule has 20 heavy (non-hydrogen) atoms. The molecular formula is C14H17NO5. The summed E-state index contributed by atoms with van der Waals surface area (Å²) < 4.78 is 5.31. The number of carboxylic acids is 2. The van der Waals surface area contributed by atoms with E-state index >= 15 is 0 Å². The number of morpholine rings is 1. The minimum absolute atomic E-state index is 0.00472. The number of hydrogen-bond donors (Lipinski definition) is 2. The highest BCUT2D eigenvalue weighted by Crippen LogP contribution is 2.17. The fraction of sp³-hybridized carbons (Fsp3) is 0.429. The van der Waals surface area contributed by atoms with Crippen molar-refractivity contribution in [3.8, 4) is 0 Å². The fourth-order valence-corrected chi connectivity index (χ4v) is 2.37. The number of carbonyl (C=O) groups is 2. The van der Waals surface area contributed by atoms with Crippen molar-refractivity contribution < 1.29 is 24.5 Å². The number of ether oxygens (including phenoxy) is 1. The first-order valence-corrected chi connectivity index (χ1v) is 6.42. The number of benzene rings is 1. The van der Waals surface area contributed by atoms with Crippen LogP contribution in [0, 0.1) is 0 Å². The Balaban J connectivity index is 2.14. The monoisotopic (exact) mass is 279 g/mol. The number of hydrogen-bond acceptors (Lipinski definition) is 4. The average Bonchev–Trinajstić information content (AvgIpc) is 2.41. The van der Waals surface area contributed by atoms with Crippen LogP contribution in [0.15, 0.2) is 24.3 Å². The van der Waals surface area contributed by atoms with Crippen molar-refractivity contribution >= 4 is 11.9 Å². The predicted octanol–water partition coefficient (Wildman–Crippen LogP) is 1.06. The van der Waals surface area contributed by atoms with Crippen molar-refractivity contribution in [2.24, 2.45) is 0 Å². The summed E-state index contributed by atoms with van der Waals surface area (Å²) in [6.45, 7) is 1.92. The maximum Gasteiger partial charge on any atom is 0.336 e. The van der Waals surface area contributed by atoms with Crippen molar-refractivity contribution in [1.29, 1.82) is 0 Å². The Morgan fingerprint density at radius 1 is 1.30 bits per heavy atom. The van der Waals surface area contributed by atoms with Crippen molar-refractivity contribution in [2.45, 2.75) is 19.0 Å². The highest BCUT2D eigenvalue weighted by atomic mass is 16.5. The molecule has 1 aliphatic heterocycles. The zero-order valence-corrected chi connectivity index (χ0v) is 11.0. The molecule has 2 N–H and O–H groups in total. The van der Waals surface area contributed by atoms with E-state index in [4.69, 9.17) is 14.9 Å². The summed E-state index contributed by atoms with van der Waals surface area (Å²) in [6, 6.07) is 6.57. The van der Waals surface area contributed by atoms with Crippen LogP contribution in [-0.4, -0.2) is 52.9 Å². The Labute approximate surface area is 116 Å². The first-order valence-electron chi connectivity index (χ1n) is 6.42. The van der Waals surface area contributed by atoms with Crippen LogP contribution in [0.5, 0.6) is 0 Å². The second-order valence-electron chi connectivity index (χ2n) is 4.76. The zero-order chi connectivity index (χ0) is 14.5. The average molecular weight is 279 g/mol. The van der Waals surface area contributed by atoms with Gasteiger partial charge in [-0.1, -0.05) is 18.2 Å². The topological polar surface area (TPSA) is 87.1 Å². The fourth-order valence-electron chi connectivity index (χ4n) is 2.37. The van der Waals surface area contributed by atoms with E-state index < -0.39 is 11.9 Å². The standard InChI is InChI=1S/C14H17NO5/c16-13(17)7-11-9-20-6-5-15(11)8-10-3-1-2-4-12(10)14(18)19/h1-4,11H,5-9H2,(H,16,17)(H,18,19)/t11-/m0/s1. The van der Waals surface area contributed by atoms with E-state index in [9.17, 15) is 9.59 Å². The minimum atomic E-state index is -0.969. The van der Waals surface area contributed by atoms with Crippen LogP contribution >= 0.6 is 0 Å². The predicted molar refractivity (Wildman–Crippen MR) is 70.7 cm³/mol.